The highest BCUT2D eigenvalue weighted by Crippen LogP contribution is 2.02. The fourth-order valence-electron chi connectivity index (χ4n) is 1.45. The summed E-state index contributed by atoms with van der Waals surface area (Å²) in [7, 11) is 0. The smallest absolute Gasteiger partial charge is 0.155 e. The van der Waals surface area contributed by atoms with Crippen LogP contribution >= 0.6 is 0 Å². The Balaban J connectivity index is 3.63. The highest BCUT2D eigenvalue weighted by molar-refractivity contribution is 5.98. The van der Waals surface area contributed by atoms with Crippen molar-refractivity contribution in [2.24, 2.45) is 0 Å². The molecule has 0 saturated heterocycles. The molecule has 0 unspecified atom stereocenters. The van der Waals surface area contributed by atoms with Crippen molar-refractivity contribution < 1.29 is 9.59 Å². The minimum absolute atomic E-state index is 0.0808. The third-order valence-corrected chi connectivity index (χ3v) is 2.51. The first kappa shape index (κ1) is 15.1. The van der Waals surface area contributed by atoms with Crippen molar-refractivity contribution >= 4 is 11.6 Å². The Labute approximate surface area is 99.1 Å². The predicted molar refractivity (Wildman–Crippen MR) is 67.4 cm³/mol. The molecule has 0 heterocycles. The van der Waals surface area contributed by atoms with E-state index in [1.54, 1.807) is 0 Å². The van der Waals surface area contributed by atoms with E-state index in [1.165, 1.54) is 12.2 Å². The lowest BCUT2D eigenvalue weighted by atomic mass is 10.1. The van der Waals surface area contributed by atoms with Crippen LogP contribution in [0.1, 0.15) is 65.2 Å². The number of ketones is 2. The second-order valence-corrected chi connectivity index (χ2v) is 4.18. The molecule has 0 aromatic rings. The van der Waals surface area contributed by atoms with Crippen LogP contribution in [0.3, 0.4) is 0 Å². The number of hydrogen-bond donors (Lipinski definition) is 0. The van der Waals surface area contributed by atoms with Crippen LogP contribution in [0.15, 0.2) is 12.2 Å². The Morgan fingerprint density at radius 3 is 1.44 bits per heavy atom. The van der Waals surface area contributed by atoms with Gasteiger partial charge in [0.15, 0.2) is 11.6 Å². The van der Waals surface area contributed by atoms with Gasteiger partial charge in [0, 0.05) is 12.8 Å². The third kappa shape index (κ3) is 9.63. The van der Waals surface area contributed by atoms with E-state index < -0.39 is 0 Å². The lowest BCUT2D eigenvalue weighted by molar-refractivity contribution is -0.116. The Bertz CT molecular complexity index is 205. The lowest BCUT2D eigenvalue weighted by Crippen LogP contribution is -1.97. The van der Waals surface area contributed by atoms with Crippen LogP contribution in [0.25, 0.3) is 0 Å². The second-order valence-electron chi connectivity index (χ2n) is 4.18. The van der Waals surface area contributed by atoms with Crippen molar-refractivity contribution in [2.45, 2.75) is 65.2 Å². The highest BCUT2D eigenvalue weighted by atomic mass is 16.1. The summed E-state index contributed by atoms with van der Waals surface area (Å²) in [6.45, 7) is 4.22. The Morgan fingerprint density at radius 1 is 0.750 bits per heavy atom. The van der Waals surface area contributed by atoms with Gasteiger partial charge in [0.25, 0.3) is 0 Å². The summed E-state index contributed by atoms with van der Waals surface area (Å²) in [6.07, 6.45) is 10.3. The summed E-state index contributed by atoms with van der Waals surface area (Å²) in [4.78, 5) is 22.6. The van der Waals surface area contributed by atoms with Crippen molar-refractivity contribution in [2.75, 3.05) is 0 Å². The molecule has 0 amide bonds. The topological polar surface area (TPSA) is 34.1 Å². The zero-order valence-corrected chi connectivity index (χ0v) is 10.6. The van der Waals surface area contributed by atoms with Crippen LogP contribution in [-0.4, -0.2) is 11.6 Å². The van der Waals surface area contributed by atoms with E-state index >= 15 is 0 Å². The number of carbonyl (C=O) groups excluding carboxylic acids is 2. The number of rotatable bonds is 10. The first-order valence-corrected chi connectivity index (χ1v) is 6.44. The molecule has 0 rings (SSSR count). The average molecular weight is 224 g/mol. The molecule has 0 atom stereocenters. The van der Waals surface area contributed by atoms with Crippen molar-refractivity contribution in [1.29, 1.82) is 0 Å². The van der Waals surface area contributed by atoms with E-state index in [2.05, 4.69) is 13.8 Å². The monoisotopic (exact) mass is 224 g/mol. The molecule has 0 radical (unpaired) electrons. The van der Waals surface area contributed by atoms with Crippen molar-refractivity contribution in [3.63, 3.8) is 0 Å². The van der Waals surface area contributed by atoms with E-state index in [9.17, 15) is 9.59 Å². The first-order valence-electron chi connectivity index (χ1n) is 6.44. The number of unbranched alkanes of at least 4 members (excludes halogenated alkanes) is 4. The summed E-state index contributed by atoms with van der Waals surface area (Å²) in [5, 5.41) is 0. The summed E-state index contributed by atoms with van der Waals surface area (Å²) in [5.74, 6) is 0.162. The first-order chi connectivity index (χ1) is 7.70. The average Bonchev–Trinajstić information content (AvgIpc) is 2.27. The van der Waals surface area contributed by atoms with E-state index in [-0.39, 0.29) is 11.6 Å². The summed E-state index contributed by atoms with van der Waals surface area (Å²) < 4.78 is 0. The van der Waals surface area contributed by atoms with Crippen LogP contribution in [-0.2, 0) is 9.59 Å². The molecule has 16 heavy (non-hydrogen) atoms. The van der Waals surface area contributed by atoms with Crippen LogP contribution in [0, 0.1) is 0 Å². The van der Waals surface area contributed by atoms with Gasteiger partial charge in [-0.1, -0.05) is 39.5 Å². The van der Waals surface area contributed by atoms with E-state index in [0.29, 0.717) is 12.8 Å². The van der Waals surface area contributed by atoms with Crippen LogP contribution in [0.4, 0.5) is 0 Å². The van der Waals surface area contributed by atoms with Gasteiger partial charge in [-0.05, 0) is 25.0 Å². The van der Waals surface area contributed by atoms with Gasteiger partial charge in [0.2, 0.25) is 0 Å². The van der Waals surface area contributed by atoms with Crippen LogP contribution < -0.4 is 0 Å². The van der Waals surface area contributed by atoms with Gasteiger partial charge >= 0.3 is 0 Å². The molecule has 0 aliphatic rings. The highest BCUT2D eigenvalue weighted by Gasteiger charge is 1.99. The molecule has 0 bridgehead atoms. The number of allylic oxidation sites excluding steroid dienone is 2. The molecular formula is C14H24O2. The quantitative estimate of drug-likeness (QED) is 0.417. The minimum Gasteiger partial charge on any atom is -0.295 e. The van der Waals surface area contributed by atoms with Gasteiger partial charge in [0.05, 0.1) is 0 Å². The van der Waals surface area contributed by atoms with Gasteiger partial charge in [-0.3, -0.25) is 9.59 Å². The van der Waals surface area contributed by atoms with Crippen molar-refractivity contribution in [3.05, 3.63) is 12.2 Å². The Hall–Kier alpha value is -0.920. The zero-order valence-electron chi connectivity index (χ0n) is 10.6. The fourth-order valence-corrected chi connectivity index (χ4v) is 1.45. The normalized spacial score (nSPS) is 10.9. The van der Waals surface area contributed by atoms with Crippen molar-refractivity contribution in [1.82, 2.24) is 0 Å². The summed E-state index contributed by atoms with van der Waals surface area (Å²) in [5.41, 5.74) is 0. The molecule has 0 aromatic carbocycles. The van der Waals surface area contributed by atoms with Crippen LogP contribution in [0.2, 0.25) is 0 Å². The Morgan fingerprint density at radius 2 is 1.12 bits per heavy atom. The predicted octanol–water partition coefficient (Wildman–Crippen LogP) is 3.84. The molecule has 2 nitrogen and oxygen atoms in total. The van der Waals surface area contributed by atoms with Crippen molar-refractivity contribution in [3.8, 4) is 0 Å². The standard InChI is InChI=1S/C14H24O2/c1-3-5-7-9-13(15)11-12-14(16)10-8-6-4-2/h11-12H,3-10H2,1-2H3. The number of hydrogen-bond acceptors (Lipinski definition) is 2. The van der Waals surface area contributed by atoms with Gasteiger partial charge in [0.1, 0.15) is 0 Å². The SMILES string of the molecule is CCCCCC(=O)C=CC(=O)CCCCC. The van der Waals surface area contributed by atoms with Gasteiger partial charge in [-0.25, -0.2) is 0 Å². The second kappa shape index (κ2) is 10.6. The van der Waals surface area contributed by atoms with Gasteiger partial charge in [-0.15, -0.1) is 0 Å². The molecule has 0 N–H and O–H groups in total. The maximum absolute atomic E-state index is 11.3. The largest absolute Gasteiger partial charge is 0.295 e. The zero-order chi connectivity index (χ0) is 12.2. The molecule has 92 valence electrons. The fraction of sp³-hybridized carbons (Fsp3) is 0.714. The van der Waals surface area contributed by atoms with Gasteiger partial charge in [-0.2, -0.15) is 0 Å². The lowest BCUT2D eigenvalue weighted by Gasteiger charge is -1.95. The molecule has 0 aliphatic heterocycles. The third-order valence-electron chi connectivity index (χ3n) is 2.51. The van der Waals surface area contributed by atoms with Gasteiger partial charge < -0.3 is 0 Å². The Kier molecular flexibility index (Phi) is 9.98. The van der Waals surface area contributed by atoms with Crippen LogP contribution in [0.5, 0.6) is 0 Å². The van der Waals surface area contributed by atoms with E-state index in [0.717, 1.165) is 38.5 Å². The number of carbonyl (C=O) groups is 2. The maximum atomic E-state index is 11.3. The van der Waals surface area contributed by atoms with E-state index in [4.69, 9.17) is 0 Å². The molecule has 2 heteroatoms. The molecule has 0 fully saturated rings. The maximum Gasteiger partial charge on any atom is 0.155 e. The molecule has 0 spiro atoms. The van der Waals surface area contributed by atoms with E-state index in [1.807, 2.05) is 0 Å². The molecule has 0 aromatic heterocycles. The summed E-state index contributed by atoms with van der Waals surface area (Å²) >= 11 is 0. The minimum atomic E-state index is 0.0808. The molecule has 0 saturated carbocycles. The molecular weight excluding hydrogens is 200 g/mol. The summed E-state index contributed by atoms with van der Waals surface area (Å²) in [6, 6.07) is 0. The molecule has 0 aliphatic carbocycles.